The molecule has 0 aromatic rings. The zero-order valence-corrected chi connectivity index (χ0v) is 8.20. The van der Waals surface area contributed by atoms with Gasteiger partial charge in [-0.05, 0) is 12.8 Å². The van der Waals surface area contributed by atoms with Crippen LogP contribution in [0.3, 0.4) is 0 Å². The number of nitrogens with zero attached hydrogens (tertiary/aromatic N) is 1. The maximum absolute atomic E-state index is 10.7. The first-order chi connectivity index (χ1) is 6.32. The van der Waals surface area contributed by atoms with Crippen LogP contribution in [0.2, 0.25) is 0 Å². The maximum atomic E-state index is 10.7. The smallest absolute Gasteiger partial charge is 0.407 e. The quantitative estimate of drug-likeness (QED) is 0.653. The maximum Gasteiger partial charge on any atom is 0.407 e. The van der Waals surface area contributed by atoms with E-state index in [4.69, 9.17) is 9.66 Å². The molecule has 0 aromatic carbocycles. The van der Waals surface area contributed by atoms with Gasteiger partial charge in [0.25, 0.3) is 10.1 Å². The van der Waals surface area contributed by atoms with Gasteiger partial charge < -0.3 is 10.0 Å². The molecule has 0 atom stereocenters. The van der Waals surface area contributed by atoms with E-state index in [1.54, 1.807) is 0 Å². The number of carbonyl (C=O) groups is 1. The van der Waals surface area contributed by atoms with Crippen molar-refractivity contribution in [1.29, 1.82) is 0 Å². The molecule has 0 bridgehead atoms. The summed E-state index contributed by atoms with van der Waals surface area (Å²) in [6.07, 6.45) is -0.198. The molecule has 0 unspecified atom stereocenters. The van der Waals surface area contributed by atoms with Crippen LogP contribution in [0.25, 0.3) is 0 Å². The van der Waals surface area contributed by atoms with Gasteiger partial charge in [-0.3, -0.25) is 4.55 Å². The van der Waals surface area contributed by atoms with E-state index in [1.807, 2.05) is 0 Å². The monoisotopic (exact) mass is 237 g/mol. The number of rotatable bonds is 1. The SMILES string of the molecule is C.O=C(O)N1CC2(CC(S(=O)(=O)O)C2)C1. The molecule has 88 valence electrons. The summed E-state index contributed by atoms with van der Waals surface area (Å²) in [6, 6.07) is 0. The molecule has 6 nitrogen and oxygen atoms in total. The van der Waals surface area contributed by atoms with E-state index in [0.717, 1.165) is 0 Å². The molecule has 1 amide bonds. The van der Waals surface area contributed by atoms with E-state index in [2.05, 4.69) is 0 Å². The molecule has 2 rings (SSSR count). The van der Waals surface area contributed by atoms with Crippen LogP contribution in [0.5, 0.6) is 0 Å². The lowest BCUT2D eigenvalue weighted by molar-refractivity contribution is -0.0435. The van der Waals surface area contributed by atoms with Crippen LogP contribution in [0.15, 0.2) is 0 Å². The van der Waals surface area contributed by atoms with E-state index in [-0.39, 0.29) is 12.8 Å². The first-order valence-electron chi connectivity index (χ1n) is 4.27. The molecule has 1 saturated carbocycles. The molecule has 15 heavy (non-hydrogen) atoms. The Morgan fingerprint density at radius 2 is 1.80 bits per heavy atom. The fraction of sp³-hybridized carbons (Fsp3) is 0.875. The summed E-state index contributed by atoms with van der Waals surface area (Å²) in [5.74, 6) is 0. The number of hydrogen-bond acceptors (Lipinski definition) is 3. The van der Waals surface area contributed by atoms with E-state index in [0.29, 0.717) is 25.9 Å². The highest BCUT2D eigenvalue weighted by molar-refractivity contribution is 7.86. The van der Waals surface area contributed by atoms with Gasteiger partial charge in [0.2, 0.25) is 0 Å². The summed E-state index contributed by atoms with van der Waals surface area (Å²) in [4.78, 5) is 11.7. The number of likely N-dealkylation sites (tertiary alicyclic amines) is 1. The summed E-state index contributed by atoms with van der Waals surface area (Å²) in [7, 11) is -3.92. The minimum Gasteiger partial charge on any atom is -0.465 e. The fourth-order valence-corrected chi connectivity index (χ4v) is 3.40. The Hall–Kier alpha value is -0.820. The van der Waals surface area contributed by atoms with Gasteiger partial charge in [0, 0.05) is 18.5 Å². The Morgan fingerprint density at radius 1 is 1.33 bits per heavy atom. The molecule has 2 fully saturated rings. The molecule has 1 aliphatic carbocycles. The Balaban J connectivity index is 0.00000112. The Labute approximate surface area is 88.6 Å². The number of carboxylic acid groups (broad SMARTS) is 1. The average Bonchev–Trinajstić information content (AvgIpc) is 1.74. The van der Waals surface area contributed by atoms with Gasteiger partial charge in [-0.2, -0.15) is 8.42 Å². The zero-order valence-electron chi connectivity index (χ0n) is 7.38. The van der Waals surface area contributed by atoms with Crippen LogP contribution in [0.4, 0.5) is 4.79 Å². The number of hydrogen-bond donors (Lipinski definition) is 2. The molecular weight excluding hydrogens is 222 g/mol. The predicted octanol–water partition coefficient (Wildman–Crippen LogP) is 0.653. The minimum absolute atomic E-state index is 0. The zero-order chi connectivity index (χ0) is 10.6. The highest BCUT2D eigenvalue weighted by atomic mass is 32.2. The van der Waals surface area contributed by atoms with Crippen molar-refractivity contribution in [3.8, 4) is 0 Å². The Kier molecular flexibility index (Phi) is 2.73. The van der Waals surface area contributed by atoms with Gasteiger partial charge in [-0.25, -0.2) is 4.79 Å². The summed E-state index contributed by atoms with van der Waals surface area (Å²) < 4.78 is 30.1. The molecule has 1 saturated heterocycles. The predicted molar refractivity (Wildman–Crippen MR) is 53.3 cm³/mol. The van der Waals surface area contributed by atoms with Gasteiger partial charge in [0.1, 0.15) is 0 Å². The van der Waals surface area contributed by atoms with Crippen LogP contribution in [-0.4, -0.2) is 47.4 Å². The van der Waals surface area contributed by atoms with Crippen molar-refractivity contribution in [2.45, 2.75) is 25.5 Å². The molecule has 7 heteroatoms. The highest BCUT2D eigenvalue weighted by Gasteiger charge is 2.57. The van der Waals surface area contributed by atoms with Gasteiger partial charge in [0.05, 0.1) is 5.25 Å². The van der Waals surface area contributed by atoms with Gasteiger partial charge in [0.15, 0.2) is 0 Å². The van der Waals surface area contributed by atoms with Crippen molar-refractivity contribution in [2.75, 3.05) is 13.1 Å². The third-order valence-electron chi connectivity index (χ3n) is 3.07. The molecule has 1 spiro atoms. The second-order valence-corrected chi connectivity index (χ2v) is 5.88. The lowest BCUT2D eigenvalue weighted by Crippen LogP contribution is -2.65. The molecule has 0 aromatic heterocycles. The van der Waals surface area contributed by atoms with Crippen molar-refractivity contribution >= 4 is 16.2 Å². The third kappa shape index (κ3) is 1.93. The Bertz CT molecular complexity index is 362. The first kappa shape index (κ1) is 12.3. The normalized spacial score (nSPS) is 23.9. The third-order valence-corrected chi connectivity index (χ3v) is 4.24. The highest BCUT2D eigenvalue weighted by Crippen LogP contribution is 2.50. The average molecular weight is 237 g/mol. The Morgan fingerprint density at radius 3 is 2.13 bits per heavy atom. The van der Waals surface area contributed by atoms with Crippen molar-refractivity contribution in [3.63, 3.8) is 0 Å². The van der Waals surface area contributed by atoms with E-state index in [1.165, 1.54) is 4.90 Å². The second kappa shape index (κ2) is 3.34. The summed E-state index contributed by atoms with van der Waals surface area (Å²) >= 11 is 0. The van der Waals surface area contributed by atoms with Crippen LogP contribution >= 0.6 is 0 Å². The van der Waals surface area contributed by atoms with Crippen LogP contribution in [-0.2, 0) is 10.1 Å². The molecule has 1 heterocycles. The van der Waals surface area contributed by atoms with Gasteiger partial charge >= 0.3 is 6.09 Å². The molecule has 2 aliphatic rings. The van der Waals surface area contributed by atoms with Crippen LogP contribution in [0, 0.1) is 5.41 Å². The van der Waals surface area contributed by atoms with E-state index < -0.39 is 21.5 Å². The lowest BCUT2D eigenvalue weighted by atomic mass is 9.63. The van der Waals surface area contributed by atoms with Crippen molar-refractivity contribution < 1.29 is 22.9 Å². The fourth-order valence-electron chi connectivity index (χ4n) is 2.27. The second-order valence-electron chi connectivity index (χ2n) is 4.18. The molecule has 2 N–H and O–H groups in total. The van der Waals surface area contributed by atoms with E-state index in [9.17, 15) is 13.2 Å². The minimum atomic E-state index is -3.92. The van der Waals surface area contributed by atoms with Crippen LogP contribution in [0.1, 0.15) is 20.3 Å². The molecular formula is C8H15NO5S. The van der Waals surface area contributed by atoms with Gasteiger partial charge in [-0.1, -0.05) is 7.43 Å². The van der Waals surface area contributed by atoms with Crippen LogP contribution < -0.4 is 0 Å². The molecule has 0 radical (unpaired) electrons. The standard InChI is InChI=1S/C7H11NO5S.CH4/c9-6(10)8-3-7(4-8)1-5(2-7)14(11,12)13;/h5H,1-4H2,(H,9,10)(H,11,12,13);1H4. The summed E-state index contributed by atoms with van der Waals surface area (Å²) in [5.41, 5.74) is -0.168. The number of amides is 1. The topological polar surface area (TPSA) is 94.9 Å². The van der Waals surface area contributed by atoms with Crippen molar-refractivity contribution in [1.82, 2.24) is 4.90 Å². The van der Waals surface area contributed by atoms with Crippen molar-refractivity contribution in [2.24, 2.45) is 5.41 Å². The summed E-state index contributed by atoms with van der Waals surface area (Å²) in [5, 5.41) is 7.89. The molecule has 1 aliphatic heterocycles. The van der Waals surface area contributed by atoms with Crippen molar-refractivity contribution in [3.05, 3.63) is 0 Å². The lowest BCUT2D eigenvalue weighted by Gasteiger charge is -2.57. The van der Waals surface area contributed by atoms with Gasteiger partial charge in [-0.15, -0.1) is 0 Å². The largest absolute Gasteiger partial charge is 0.465 e. The van der Waals surface area contributed by atoms with E-state index >= 15 is 0 Å². The summed E-state index contributed by atoms with van der Waals surface area (Å²) in [6.45, 7) is 0.794. The first-order valence-corrected chi connectivity index (χ1v) is 5.77.